The lowest BCUT2D eigenvalue weighted by Crippen LogP contribution is -2.66. The Morgan fingerprint density at radius 1 is 1.06 bits per heavy atom. The van der Waals surface area contributed by atoms with Crippen LogP contribution in [0.4, 0.5) is 4.79 Å². The van der Waals surface area contributed by atoms with Gasteiger partial charge in [-0.25, -0.2) is 4.79 Å². The fourth-order valence-electron chi connectivity index (χ4n) is 8.55. The summed E-state index contributed by atoms with van der Waals surface area (Å²) in [6.07, 6.45) is 7.79. The summed E-state index contributed by atoms with van der Waals surface area (Å²) in [5.41, 5.74) is 6.63. The van der Waals surface area contributed by atoms with Crippen LogP contribution in [0.5, 0.6) is 0 Å². The van der Waals surface area contributed by atoms with Crippen molar-refractivity contribution in [1.29, 1.82) is 0 Å². The molecule has 0 radical (unpaired) electrons. The van der Waals surface area contributed by atoms with E-state index in [0.29, 0.717) is 24.2 Å². The predicted octanol–water partition coefficient (Wildman–Crippen LogP) is 3.92. The van der Waals surface area contributed by atoms with Gasteiger partial charge in [-0.1, -0.05) is 27.7 Å². The van der Waals surface area contributed by atoms with Gasteiger partial charge in [0.2, 0.25) is 0 Å². The second kappa shape index (κ2) is 8.71. The van der Waals surface area contributed by atoms with Crippen LogP contribution in [0, 0.1) is 40.4 Å². The van der Waals surface area contributed by atoms with Crippen LogP contribution in [0.25, 0.3) is 0 Å². The zero-order chi connectivity index (χ0) is 24.2. The Labute approximate surface area is 198 Å². The molecule has 0 saturated heterocycles. The molecule has 0 spiro atoms. The van der Waals surface area contributed by atoms with Gasteiger partial charge in [-0.05, 0) is 92.3 Å². The van der Waals surface area contributed by atoms with E-state index in [0.717, 1.165) is 51.4 Å². The van der Waals surface area contributed by atoms with Crippen molar-refractivity contribution in [2.75, 3.05) is 6.61 Å². The van der Waals surface area contributed by atoms with Crippen molar-refractivity contribution in [1.82, 2.24) is 5.32 Å². The van der Waals surface area contributed by atoms with Crippen molar-refractivity contribution in [3.05, 3.63) is 0 Å². The number of aliphatic hydroxyl groups excluding tert-OH is 1. The molecule has 4 rings (SSSR count). The number of carboxylic acid groups (broad SMARTS) is 1. The summed E-state index contributed by atoms with van der Waals surface area (Å²) >= 11 is 0. The van der Waals surface area contributed by atoms with Crippen molar-refractivity contribution >= 4 is 12.1 Å². The number of carbonyl (C=O) groups excluding carboxylic acids is 1. The van der Waals surface area contributed by atoms with Crippen LogP contribution >= 0.6 is 0 Å². The van der Waals surface area contributed by atoms with Gasteiger partial charge in [-0.3, -0.25) is 4.79 Å². The number of carbonyl (C=O) groups is 2. The molecule has 188 valence electrons. The molecule has 4 aliphatic carbocycles. The highest BCUT2D eigenvalue weighted by Crippen LogP contribution is 2.68. The summed E-state index contributed by atoms with van der Waals surface area (Å²) in [6, 6.07) is -0.292. The standard InChI is InChI=1S/C26H44N2O5/c1-15(2)21(14-29)28-23(32)33-17-7-10-24(3)16(13-17)5-6-19-18(24)8-11-25(4)20(22(30)31)9-12-26(19,25)27/h15-21,29H,5-14,27H2,1-4H3,(H,28,32)(H,30,31)/t16-,17+,18+,19-,20-,21?,24+,25-,26+/m1/s1. The van der Waals surface area contributed by atoms with Crippen LogP contribution in [0.15, 0.2) is 0 Å². The fraction of sp³-hybridized carbons (Fsp3) is 0.923. The van der Waals surface area contributed by atoms with E-state index in [-0.39, 0.29) is 41.4 Å². The zero-order valence-electron chi connectivity index (χ0n) is 20.8. The Morgan fingerprint density at radius 2 is 1.79 bits per heavy atom. The molecule has 0 heterocycles. The minimum Gasteiger partial charge on any atom is -0.481 e. The molecule has 0 aliphatic heterocycles. The SMILES string of the molecule is CC(C)C(CO)NC(=O)O[C@H]1CC[C@@]2(C)[C@H](CC[C@@H]3[C@@H]2CC[C@]2(C)[C@@H](C(=O)O)CC[C@]32N)C1. The minimum atomic E-state index is -0.681. The highest BCUT2D eigenvalue weighted by Gasteiger charge is 2.67. The average Bonchev–Trinajstić information content (AvgIpc) is 3.03. The maximum absolute atomic E-state index is 12.4. The van der Waals surface area contributed by atoms with Gasteiger partial charge in [0.1, 0.15) is 6.10 Å². The molecule has 0 aromatic carbocycles. The van der Waals surface area contributed by atoms with E-state index in [2.05, 4.69) is 19.2 Å². The number of nitrogens with two attached hydrogens (primary N) is 1. The van der Waals surface area contributed by atoms with E-state index in [1.54, 1.807) is 0 Å². The molecular formula is C26H44N2O5. The van der Waals surface area contributed by atoms with E-state index in [9.17, 15) is 19.8 Å². The molecule has 0 bridgehead atoms. The Bertz CT molecular complexity index is 774. The van der Waals surface area contributed by atoms with E-state index in [1.807, 2.05) is 13.8 Å². The van der Waals surface area contributed by atoms with Crippen molar-refractivity contribution in [3.8, 4) is 0 Å². The van der Waals surface area contributed by atoms with Gasteiger partial charge in [0.15, 0.2) is 0 Å². The molecule has 5 N–H and O–H groups in total. The zero-order valence-corrected chi connectivity index (χ0v) is 20.8. The lowest BCUT2D eigenvalue weighted by atomic mass is 9.42. The Hall–Kier alpha value is -1.34. The smallest absolute Gasteiger partial charge is 0.407 e. The minimum absolute atomic E-state index is 0.0882. The number of carboxylic acids is 1. The number of hydrogen-bond donors (Lipinski definition) is 4. The van der Waals surface area contributed by atoms with Gasteiger partial charge in [0.05, 0.1) is 18.6 Å². The molecule has 33 heavy (non-hydrogen) atoms. The summed E-state index contributed by atoms with van der Waals surface area (Å²) in [6.45, 7) is 8.40. The van der Waals surface area contributed by atoms with Crippen LogP contribution in [0.3, 0.4) is 0 Å². The van der Waals surface area contributed by atoms with Crippen LogP contribution < -0.4 is 11.1 Å². The Kier molecular flexibility index (Phi) is 6.54. The van der Waals surface area contributed by atoms with Crippen LogP contribution in [-0.2, 0) is 9.53 Å². The van der Waals surface area contributed by atoms with Gasteiger partial charge < -0.3 is 26.0 Å². The van der Waals surface area contributed by atoms with Gasteiger partial charge in [-0.15, -0.1) is 0 Å². The number of aliphatic carboxylic acids is 1. The number of rotatable bonds is 5. The maximum Gasteiger partial charge on any atom is 0.407 e. The van der Waals surface area contributed by atoms with E-state index in [4.69, 9.17) is 10.5 Å². The first-order valence-corrected chi connectivity index (χ1v) is 13.1. The summed E-state index contributed by atoms with van der Waals surface area (Å²) < 4.78 is 5.80. The first-order valence-electron chi connectivity index (χ1n) is 13.1. The first-order chi connectivity index (χ1) is 15.5. The normalized spacial score (nSPS) is 45.5. The van der Waals surface area contributed by atoms with Gasteiger partial charge in [-0.2, -0.15) is 0 Å². The highest BCUT2D eigenvalue weighted by molar-refractivity contribution is 5.72. The molecule has 7 nitrogen and oxygen atoms in total. The quantitative estimate of drug-likeness (QED) is 0.489. The monoisotopic (exact) mass is 464 g/mol. The van der Waals surface area contributed by atoms with E-state index < -0.39 is 17.6 Å². The summed E-state index contributed by atoms with van der Waals surface area (Å²) in [4.78, 5) is 24.4. The summed E-state index contributed by atoms with van der Waals surface area (Å²) in [7, 11) is 0. The lowest BCUT2D eigenvalue weighted by Gasteiger charge is -2.64. The van der Waals surface area contributed by atoms with Gasteiger partial charge in [0.25, 0.3) is 0 Å². The number of amides is 1. The van der Waals surface area contributed by atoms with Crippen LogP contribution in [0.1, 0.15) is 85.5 Å². The average molecular weight is 465 g/mol. The van der Waals surface area contributed by atoms with Crippen molar-refractivity contribution in [2.24, 2.45) is 46.2 Å². The molecule has 4 aliphatic rings. The second-order valence-corrected chi connectivity index (χ2v) is 12.4. The number of hydrogen-bond acceptors (Lipinski definition) is 5. The highest BCUT2D eigenvalue weighted by atomic mass is 16.6. The Balaban J connectivity index is 1.44. The Morgan fingerprint density at radius 3 is 2.42 bits per heavy atom. The van der Waals surface area contributed by atoms with Crippen LogP contribution in [0.2, 0.25) is 0 Å². The number of nitrogens with one attached hydrogen (secondary N) is 1. The molecule has 9 atom stereocenters. The van der Waals surface area contributed by atoms with Crippen molar-refractivity contribution < 1.29 is 24.5 Å². The number of ether oxygens (including phenoxy) is 1. The third-order valence-corrected chi connectivity index (χ3v) is 10.8. The first kappa shape index (κ1) is 24.8. The van der Waals surface area contributed by atoms with E-state index in [1.165, 1.54) is 0 Å². The maximum atomic E-state index is 12.4. The fourth-order valence-corrected chi connectivity index (χ4v) is 8.55. The van der Waals surface area contributed by atoms with Crippen LogP contribution in [-0.4, -0.2) is 46.6 Å². The summed E-state index contributed by atoms with van der Waals surface area (Å²) in [5, 5.41) is 22.2. The van der Waals surface area contributed by atoms with Gasteiger partial charge >= 0.3 is 12.1 Å². The second-order valence-electron chi connectivity index (χ2n) is 12.4. The number of aliphatic hydroxyl groups is 1. The third kappa shape index (κ3) is 3.87. The number of alkyl carbamates (subject to hydrolysis) is 1. The summed E-state index contributed by atoms with van der Waals surface area (Å²) in [5.74, 6) is 0.513. The molecule has 1 unspecified atom stereocenters. The molecule has 1 amide bonds. The van der Waals surface area contributed by atoms with Gasteiger partial charge in [0, 0.05) is 5.54 Å². The third-order valence-electron chi connectivity index (χ3n) is 10.8. The largest absolute Gasteiger partial charge is 0.481 e. The van der Waals surface area contributed by atoms with Crippen molar-refractivity contribution in [2.45, 2.75) is 103 Å². The predicted molar refractivity (Wildman–Crippen MR) is 125 cm³/mol. The molecular weight excluding hydrogens is 420 g/mol. The van der Waals surface area contributed by atoms with Crippen molar-refractivity contribution in [3.63, 3.8) is 0 Å². The molecule has 4 saturated carbocycles. The topological polar surface area (TPSA) is 122 Å². The molecule has 4 fully saturated rings. The molecule has 7 heteroatoms. The molecule has 0 aromatic rings. The lowest BCUT2D eigenvalue weighted by molar-refractivity contribution is -0.157. The number of fused-ring (bicyclic) bond motifs is 5. The molecule has 0 aromatic heterocycles. The van der Waals surface area contributed by atoms with E-state index >= 15 is 0 Å².